The van der Waals surface area contributed by atoms with Crippen LogP contribution in [0, 0.1) is 23.7 Å². The molecule has 4 bridgehead atoms. The molecule has 5 fully saturated rings. The highest BCUT2D eigenvalue weighted by atomic mass is 32.2. The van der Waals surface area contributed by atoms with E-state index in [-0.39, 0.29) is 35.3 Å². The Morgan fingerprint density at radius 2 is 1.56 bits per heavy atom. The van der Waals surface area contributed by atoms with Gasteiger partial charge in [-0.3, -0.25) is 4.79 Å². The van der Waals surface area contributed by atoms with Crippen molar-refractivity contribution in [3.63, 3.8) is 0 Å². The first-order chi connectivity index (χ1) is 15.0. The molecule has 0 unspecified atom stereocenters. The Morgan fingerprint density at radius 1 is 1.00 bits per heavy atom. The van der Waals surface area contributed by atoms with E-state index in [1.807, 2.05) is 0 Å². The first-order valence-electron chi connectivity index (χ1n) is 11.5. The smallest absolute Gasteiger partial charge is 0.350 e. The number of nitrogens with zero attached hydrogens (tertiary/aromatic N) is 1. The van der Waals surface area contributed by atoms with E-state index in [1.165, 1.54) is 29.6 Å². The predicted octanol–water partition coefficient (Wildman–Crippen LogP) is 4.19. The van der Waals surface area contributed by atoms with Crippen LogP contribution in [0.2, 0.25) is 0 Å². The molecule has 4 saturated carbocycles. The van der Waals surface area contributed by atoms with E-state index in [1.54, 1.807) is 0 Å². The topological polar surface area (TPSA) is 66.5 Å². The second-order valence-electron chi connectivity index (χ2n) is 10.4. The molecule has 1 aromatic carbocycles. The van der Waals surface area contributed by atoms with Crippen molar-refractivity contribution < 1.29 is 26.4 Å². The van der Waals surface area contributed by atoms with Gasteiger partial charge in [0.2, 0.25) is 15.9 Å². The molecule has 5 nitrogen and oxygen atoms in total. The monoisotopic (exact) mass is 470 g/mol. The van der Waals surface area contributed by atoms with E-state index in [4.69, 9.17) is 0 Å². The molecule has 1 N–H and O–H groups in total. The van der Waals surface area contributed by atoms with Gasteiger partial charge in [-0.2, -0.15) is 17.5 Å². The van der Waals surface area contributed by atoms with Crippen molar-refractivity contribution in [3.05, 3.63) is 29.8 Å². The number of alkyl halides is 3. The number of carbonyl (C=O) groups excluding carboxylic acids is 1. The number of halogens is 3. The SMILES string of the molecule is O=C(NC12CC3CC(CC(C3)C1)C2)C1CCN(S(=O)(=O)c2cccc(C(F)(F)F)c2)CC1. The molecule has 5 aliphatic rings. The number of rotatable bonds is 4. The van der Waals surface area contributed by atoms with Gasteiger partial charge in [0.15, 0.2) is 0 Å². The van der Waals surface area contributed by atoms with E-state index < -0.39 is 21.8 Å². The molecule has 32 heavy (non-hydrogen) atoms. The summed E-state index contributed by atoms with van der Waals surface area (Å²) in [5.74, 6) is 1.93. The van der Waals surface area contributed by atoms with Crippen molar-refractivity contribution in [2.24, 2.45) is 23.7 Å². The van der Waals surface area contributed by atoms with Gasteiger partial charge in [-0.15, -0.1) is 0 Å². The van der Waals surface area contributed by atoms with Gasteiger partial charge in [-0.25, -0.2) is 8.42 Å². The van der Waals surface area contributed by atoms with Crippen molar-refractivity contribution in [2.75, 3.05) is 13.1 Å². The Morgan fingerprint density at radius 3 is 2.09 bits per heavy atom. The van der Waals surface area contributed by atoms with Gasteiger partial charge in [-0.05, 0) is 87.3 Å². The second kappa shape index (κ2) is 7.72. The molecule has 4 aliphatic carbocycles. The third kappa shape index (κ3) is 4.06. The number of nitrogens with one attached hydrogen (secondary N) is 1. The minimum absolute atomic E-state index is 0.0167. The number of hydrogen-bond acceptors (Lipinski definition) is 3. The van der Waals surface area contributed by atoms with Crippen molar-refractivity contribution in [3.8, 4) is 0 Å². The number of piperidine rings is 1. The van der Waals surface area contributed by atoms with Crippen LogP contribution < -0.4 is 5.32 Å². The average molecular weight is 471 g/mol. The van der Waals surface area contributed by atoms with Gasteiger partial charge in [0.05, 0.1) is 10.5 Å². The maximum Gasteiger partial charge on any atom is 0.416 e. The van der Waals surface area contributed by atoms with Crippen LogP contribution in [0.5, 0.6) is 0 Å². The van der Waals surface area contributed by atoms with E-state index >= 15 is 0 Å². The van der Waals surface area contributed by atoms with E-state index in [2.05, 4.69) is 5.32 Å². The summed E-state index contributed by atoms with van der Waals surface area (Å²) in [5.41, 5.74) is -1.06. The van der Waals surface area contributed by atoms with Gasteiger partial charge < -0.3 is 5.32 Å². The van der Waals surface area contributed by atoms with Gasteiger partial charge in [0.25, 0.3) is 0 Å². The molecular weight excluding hydrogens is 441 g/mol. The summed E-state index contributed by atoms with van der Waals surface area (Å²) in [4.78, 5) is 12.7. The summed E-state index contributed by atoms with van der Waals surface area (Å²) in [5, 5.41) is 3.37. The van der Waals surface area contributed by atoms with Crippen molar-refractivity contribution in [1.29, 1.82) is 0 Å². The first kappa shape index (κ1) is 22.2. The number of amides is 1. The van der Waals surface area contributed by atoms with Crippen LogP contribution in [0.25, 0.3) is 0 Å². The van der Waals surface area contributed by atoms with Crippen molar-refractivity contribution in [2.45, 2.75) is 68.0 Å². The Bertz CT molecular complexity index is 965. The van der Waals surface area contributed by atoms with Crippen LogP contribution in [0.3, 0.4) is 0 Å². The summed E-state index contributed by atoms with van der Waals surface area (Å²) in [6, 6.07) is 3.85. The summed E-state index contributed by atoms with van der Waals surface area (Å²) >= 11 is 0. The Hall–Kier alpha value is -1.61. The van der Waals surface area contributed by atoms with Crippen LogP contribution in [-0.2, 0) is 21.0 Å². The minimum Gasteiger partial charge on any atom is -0.350 e. The zero-order valence-corrected chi connectivity index (χ0v) is 18.7. The van der Waals surface area contributed by atoms with Crippen molar-refractivity contribution >= 4 is 15.9 Å². The quantitative estimate of drug-likeness (QED) is 0.718. The summed E-state index contributed by atoms with van der Waals surface area (Å²) in [7, 11) is -4.04. The fraction of sp³-hybridized carbons (Fsp3) is 0.696. The lowest BCUT2D eigenvalue weighted by Crippen LogP contribution is -2.61. The first-order valence-corrected chi connectivity index (χ1v) is 13.0. The zero-order valence-electron chi connectivity index (χ0n) is 17.9. The normalized spacial score (nSPS) is 33.4. The van der Waals surface area contributed by atoms with E-state index in [0.29, 0.717) is 18.9 Å². The van der Waals surface area contributed by atoms with Gasteiger partial charge in [0, 0.05) is 24.5 Å². The lowest BCUT2D eigenvalue weighted by Gasteiger charge is -2.57. The standard InChI is InChI=1S/C23H29F3N2O3S/c24-23(25,26)19-2-1-3-20(11-19)32(30,31)28-6-4-18(5-7-28)21(29)27-22-12-15-8-16(13-22)10-17(9-15)14-22/h1-3,11,15-18H,4-10,12-14H2,(H,27,29). The van der Waals surface area contributed by atoms with Crippen LogP contribution in [0.1, 0.15) is 56.9 Å². The lowest BCUT2D eigenvalue weighted by atomic mass is 9.53. The molecule has 176 valence electrons. The largest absolute Gasteiger partial charge is 0.416 e. The molecule has 1 heterocycles. The molecule has 1 saturated heterocycles. The molecule has 0 aromatic heterocycles. The Labute approximate surface area is 186 Å². The highest BCUT2D eigenvalue weighted by Crippen LogP contribution is 2.55. The van der Waals surface area contributed by atoms with Gasteiger partial charge in [0.1, 0.15) is 0 Å². The van der Waals surface area contributed by atoms with Crippen molar-refractivity contribution in [1.82, 2.24) is 9.62 Å². The van der Waals surface area contributed by atoms with Gasteiger partial charge in [-0.1, -0.05) is 6.07 Å². The van der Waals surface area contributed by atoms with Crippen LogP contribution in [0.15, 0.2) is 29.2 Å². The number of carbonyl (C=O) groups is 1. The maximum absolute atomic E-state index is 13.1. The van der Waals surface area contributed by atoms with Crippen LogP contribution in [-0.4, -0.2) is 37.3 Å². The van der Waals surface area contributed by atoms with Crippen LogP contribution in [0.4, 0.5) is 13.2 Å². The molecule has 9 heteroatoms. The maximum atomic E-state index is 13.1. The molecule has 6 rings (SSSR count). The average Bonchev–Trinajstić information content (AvgIpc) is 2.72. The molecule has 1 aromatic rings. The molecule has 0 atom stereocenters. The number of benzene rings is 1. The number of sulfonamides is 1. The number of hydrogen-bond donors (Lipinski definition) is 1. The summed E-state index contributed by atoms with van der Waals surface area (Å²) in [6.45, 7) is 0.273. The fourth-order valence-corrected chi connectivity index (χ4v) is 8.48. The summed E-state index contributed by atoms with van der Waals surface area (Å²) < 4.78 is 66.0. The molecule has 1 amide bonds. The van der Waals surface area contributed by atoms with Gasteiger partial charge >= 0.3 is 6.18 Å². The molecule has 0 radical (unpaired) electrons. The predicted molar refractivity (Wildman–Crippen MR) is 112 cm³/mol. The van der Waals surface area contributed by atoms with E-state index in [0.717, 1.165) is 49.1 Å². The molecule has 1 aliphatic heterocycles. The Kier molecular flexibility index (Phi) is 5.36. The molecule has 0 spiro atoms. The highest BCUT2D eigenvalue weighted by molar-refractivity contribution is 7.89. The van der Waals surface area contributed by atoms with Crippen LogP contribution >= 0.6 is 0 Å². The fourth-order valence-electron chi connectivity index (χ4n) is 6.97. The summed E-state index contributed by atoms with van der Waals surface area (Å²) in [6.07, 6.45) is 3.23. The highest BCUT2D eigenvalue weighted by Gasteiger charge is 2.52. The third-order valence-electron chi connectivity index (χ3n) is 8.05. The third-order valence-corrected chi connectivity index (χ3v) is 9.95. The van der Waals surface area contributed by atoms with E-state index in [9.17, 15) is 26.4 Å². The second-order valence-corrected chi connectivity index (χ2v) is 12.3. The molecular formula is C23H29F3N2O3S. The minimum atomic E-state index is -4.60. The lowest BCUT2D eigenvalue weighted by molar-refractivity contribution is -0.137. The Balaban J connectivity index is 1.22. The zero-order chi connectivity index (χ0) is 22.7.